The number of thiazole rings is 1. The third-order valence-electron chi connectivity index (χ3n) is 3.95. The summed E-state index contributed by atoms with van der Waals surface area (Å²) in [4.78, 5) is 15.3. The first-order valence-corrected chi connectivity index (χ1v) is 7.60. The maximum atomic E-state index is 11.1. The molecular weight excluding hydrogens is 292 g/mol. The van der Waals surface area contributed by atoms with Gasteiger partial charge < -0.3 is 20.3 Å². The molecule has 0 radical (unpaired) electrons. The molecule has 3 atom stereocenters. The number of benzene rings is 1. The van der Waals surface area contributed by atoms with Crippen molar-refractivity contribution in [2.24, 2.45) is 5.73 Å². The van der Waals surface area contributed by atoms with E-state index in [1.54, 1.807) is 12.1 Å². The monoisotopic (exact) mass is 306 g/mol. The second-order valence-corrected chi connectivity index (χ2v) is 6.56. The van der Waals surface area contributed by atoms with E-state index in [0.29, 0.717) is 30.0 Å². The number of amides is 1. The topological polar surface area (TPSA) is 94.7 Å². The van der Waals surface area contributed by atoms with Gasteiger partial charge in [0.1, 0.15) is 5.75 Å². The zero-order valence-corrected chi connectivity index (χ0v) is 11.9. The third-order valence-corrected chi connectivity index (χ3v) is 4.98. The van der Waals surface area contributed by atoms with Gasteiger partial charge in [-0.3, -0.25) is 4.79 Å². The van der Waals surface area contributed by atoms with Gasteiger partial charge in [0.15, 0.2) is 11.3 Å². The Balaban J connectivity index is 1.52. The quantitative estimate of drug-likeness (QED) is 0.894. The molecule has 1 unspecified atom stereocenters. The minimum atomic E-state index is -0.613. The van der Waals surface area contributed by atoms with E-state index in [0.717, 1.165) is 10.2 Å². The lowest BCUT2D eigenvalue weighted by Crippen LogP contribution is -2.32. The number of rotatable bonds is 3. The number of hydrogen-bond donors (Lipinski definition) is 2. The number of fused-ring (bicyclic) bond motifs is 2. The normalized spacial score (nSPS) is 30.9. The van der Waals surface area contributed by atoms with Crippen LogP contribution in [0.1, 0.15) is 29.1 Å². The highest BCUT2D eigenvalue weighted by Gasteiger charge is 2.58. The van der Waals surface area contributed by atoms with Crippen molar-refractivity contribution in [2.75, 3.05) is 0 Å². The Labute approximate surface area is 124 Å². The van der Waals surface area contributed by atoms with Crippen molar-refractivity contribution in [1.82, 2.24) is 4.98 Å². The van der Waals surface area contributed by atoms with Crippen LogP contribution in [0.4, 0.5) is 0 Å². The van der Waals surface area contributed by atoms with Gasteiger partial charge >= 0.3 is 0 Å². The van der Waals surface area contributed by atoms with Crippen LogP contribution in [-0.4, -0.2) is 34.0 Å². The summed E-state index contributed by atoms with van der Waals surface area (Å²) < 4.78 is 12.3. The van der Waals surface area contributed by atoms with E-state index in [1.165, 1.54) is 11.3 Å². The summed E-state index contributed by atoms with van der Waals surface area (Å²) in [5.41, 5.74) is 5.34. The van der Waals surface area contributed by atoms with Gasteiger partial charge in [-0.25, -0.2) is 4.98 Å². The van der Waals surface area contributed by atoms with Crippen LogP contribution in [0.2, 0.25) is 0 Å². The highest BCUT2D eigenvalue weighted by Crippen LogP contribution is 2.47. The number of aliphatic hydroxyl groups is 1. The molecule has 0 bridgehead atoms. The standard InChI is InChI=1S/C14H14N2O4S/c15-12(17)13-16-8-2-1-7(5-9(8)21-13)19-11-3-4-14(18)6-10(14)20-11/h1-2,5,10-11,18H,3-4,6H2,(H2,15,17)/t10?,11-,14-/m1/s1. The lowest BCUT2D eigenvalue weighted by Gasteiger charge is -2.26. The van der Waals surface area contributed by atoms with E-state index in [4.69, 9.17) is 15.2 Å². The van der Waals surface area contributed by atoms with Gasteiger partial charge in [-0.05, 0) is 24.6 Å². The van der Waals surface area contributed by atoms with Gasteiger partial charge in [0.2, 0.25) is 0 Å². The molecule has 1 aromatic carbocycles. The summed E-state index contributed by atoms with van der Waals surface area (Å²) >= 11 is 1.24. The van der Waals surface area contributed by atoms with Crippen molar-refractivity contribution in [3.63, 3.8) is 0 Å². The summed E-state index contributed by atoms with van der Waals surface area (Å²) in [5, 5.41) is 10.2. The number of nitrogens with zero attached hydrogens (tertiary/aromatic N) is 1. The molecule has 6 nitrogen and oxygen atoms in total. The van der Waals surface area contributed by atoms with E-state index in [-0.39, 0.29) is 12.4 Å². The average Bonchev–Trinajstić information content (AvgIpc) is 2.93. The molecule has 0 spiro atoms. The van der Waals surface area contributed by atoms with E-state index in [2.05, 4.69) is 4.98 Å². The summed E-state index contributed by atoms with van der Waals surface area (Å²) in [6, 6.07) is 5.42. The van der Waals surface area contributed by atoms with Crippen LogP contribution in [0.15, 0.2) is 18.2 Å². The number of nitrogens with two attached hydrogens (primary N) is 1. The van der Waals surface area contributed by atoms with Gasteiger partial charge in [0, 0.05) is 12.8 Å². The molecule has 2 heterocycles. The van der Waals surface area contributed by atoms with Crippen LogP contribution in [0, 0.1) is 0 Å². The van der Waals surface area contributed by atoms with Crippen LogP contribution in [-0.2, 0) is 4.74 Å². The summed E-state index contributed by atoms with van der Waals surface area (Å²) in [5.74, 6) is 0.139. The lowest BCUT2D eigenvalue weighted by atomic mass is 10.1. The van der Waals surface area contributed by atoms with E-state index in [9.17, 15) is 9.90 Å². The van der Waals surface area contributed by atoms with Crippen LogP contribution >= 0.6 is 11.3 Å². The second-order valence-electron chi connectivity index (χ2n) is 5.53. The number of ether oxygens (including phenoxy) is 2. The molecule has 110 valence electrons. The zero-order chi connectivity index (χ0) is 14.6. The smallest absolute Gasteiger partial charge is 0.277 e. The Morgan fingerprint density at radius 1 is 1.57 bits per heavy atom. The molecule has 1 aliphatic carbocycles. The minimum absolute atomic E-state index is 0.0927. The molecule has 1 amide bonds. The molecule has 1 aliphatic heterocycles. The van der Waals surface area contributed by atoms with Gasteiger partial charge in [0.05, 0.1) is 21.9 Å². The molecule has 2 aromatic rings. The first-order valence-electron chi connectivity index (χ1n) is 6.78. The fourth-order valence-corrected chi connectivity index (χ4v) is 3.49. The number of primary amides is 1. The highest BCUT2D eigenvalue weighted by atomic mass is 32.1. The summed E-state index contributed by atoms with van der Waals surface area (Å²) in [6.45, 7) is 0. The maximum Gasteiger partial charge on any atom is 0.277 e. The molecule has 3 N–H and O–H groups in total. The number of carbonyl (C=O) groups excluding carboxylic acids is 1. The molecule has 4 rings (SSSR count). The molecule has 21 heavy (non-hydrogen) atoms. The zero-order valence-electron chi connectivity index (χ0n) is 11.1. The summed E-state index contributed by atoms with van der Waals surface area (Å²) in [6.07, 6.45) is 1.64. The van der Waals surface area contributed by atoms with Gasteiger partial charge in [-0.2, -0.15) is 0 Å². The van der Waals surface area contributed by atoms with E-state index < -0.39 is 11.5 Å². The predicted molar refractivity (Wildman–Crippen MR) is 76.2 cm³/mol. The fraction of sp³-hybridized carbons (Fsp3) is 0.429. The van der Waals surface area contributed by atoms with Crippen LogP contribution in [0.5, 0.6) is 5.75 Å². The molecule has 1 saturated heterocycles. The van der Waals surface area contributed by atoms with Crippen molar-refractivity contribution in [1.29, 1.82) is 0 Å². The van der Waals surface area contributed by atoms with E-state index >= 15 is 0 Å². The Morgan fingerprint density at radius 3 is 3.19 bits per heavy atom. The molecule has 1 aromatic heterocycles. The predicted octanol–water partition coefficient (Wildman–Crippen LogP) is 1.41. The number of carbonyl (C=O) groups is 1. The summed E-state index contributed by atoms with van der Waals surface area (Å²) in [7, 11) is 0. The Bertz CT molecular complexity index is 731. The Morgan fingerprint density at radius 2 is 2.43 bits per heavy atom. The van der Waals surface area contributed by atoms with Gasteiger partial charge in [0.25, 0.3) is 5.91 Å². The lowest BCUT2D eigenvalue weighted by molar-refractivity contribution is -0.143. The maximum absolute atomic E-state index is 11.1. The largest absolute Gasteiger partial charge is 0.465 e. The Hall–Kier alpha value is -1.70. The molecule has 2 aliphatic rings. The molecular formula is C14H14N2O4S. The first kappa shape index (κ1) is 13.0. The van der Waals surface area contributed by atoms with Crippen LogP contribution in [0.3, 0.4) is 0 Å². The Kier molecular flexibility index (Phi) is 2.72. The molecule has 2 fully saturated rings. The van der Waals surface area contributed by atoms with Gasteiger partial charge in [-0.15, -0.1) is 11.3 Å². The molecule has 1 saturated carbocycles. The SMILES string of the molecule is NC(=O)c1nc2ccc(O[C@H]3CC[C@@]4(O)CC4O3)cc2s1. The first-order chi connectivity index (χ1) is 10.0. The van der Waals surface area contributed by atoms with Crippen LogP contribution < -0.4 is 10.5 Å². The third kappa shape index (κ3) is 2.27. The van der Waals surface area contributed by atoms with Crippen molar-refractivity contribution in [2.45, 2.75) is 37.3 Å². The highest BCUT2D eigenvalue weighted by molar-refractivity contribution is 7.20. The number of hydrogen-bond acceptors (Lipinski definition) is 6. The molecule has 7 heteroatoms. The minimum Gasteiger partial charge on any atom is -0.465 e. The van der Waals surface area contributed by atoms with E-state index in [1.807, 2.05) is 6.07 Å². The van der Waals surface area contributed by atoms with Crippen LogP contribution in [0.25, 0.3) is 10.2 Å². The van der Waals surface area contributed by atoms with Crippen molar-refractivity contribution < 1.29 is 19.4 Å². The van der Waals surface area contributed by atoms with Gasteiger partial charge in [-0.1, -0.05) is 0 Å². The van der Waals surface area contributed by atoms with Crippen molar-refractivity contribution in [3.8, 4) is 5.75 Å². The number of aromatic nitrogens is 1. The van der Waals surface area contributed by atoms with Crippen molar-refractivity contribution >= 4 is 27.5 Å². The van der Waals surface area contributed by atoms with Crippen molar-refractivity contribution in [3.05, 3.63) is 23.2 Å². The second kappa shape index (κ2) is 4.40. The fourth-order valence-electron chi connectivity index (χ4n) is 2.64. The average molecular weight is 306 g/mol.